The molecule has 0 radical (unpaired) electrons. The second-order valence-electron chi connectivity index (χ2n) is 6.74. The van der Waals surface area contributed by atoms with E-state index in [4.69, 9.17) is 0 Å². The van der Waals surface area contributed by atoms with Gasteiger partial charge in [0.05, 0.1) is 0 Å². The fourth-order valence-electron chi connectivity index (χ4n) is 2.22. The molecule has 0 aliphatic carbocycles. The van der Waals surface area contributed by atoms with Gasteiger partial charge >= 0.3 is 0 Å². The number of rotatable bonds is 16. The maximum absolute atomic E-state index is 11.9. The van der Waals surface area contributed by atoms with Crippen LogP contribution in [0.1, 0.15) is 65.2 Å². The number of carbonyl (C=O) groups is 2. The normalized spacial score (nSPS) is 12.0. The number of aliphatic hydroxyl groups is 2. The van der Waals surface area contributed by atoms with Crippen LogP contribution >= 0.6 is 0 Å². The highest BCUT2D eigenvalue weighted by atomic mass is 16.3. The number of allylic oxidation sites excluding steroid dienone is 4. The minimum Gasteiger partial charge on any atom is -0.347 e. The molecule has 7 heteroatoms. The zero-order valence-corrected chi connectivity index (χ0v) is 17.0. The minimum absolute atomic E-state index is 0.0567. The first-order chi connectivity index (χ1) is 13.0. The first-order valence-electron chi connectivity index (χ1n) is 9.93. The highest BCUT2D eigenvalue weighted by Crippen LogP contribution is 2.02. The molecule has 0 aliphatic heterocycles. The summed E-state index contributed by atoms with van der Waals surface area (Å²) in [6, 6.07) is 0. The third-order valence-electron chi connectivity index (χ3n) is 4.14. The number of hydrogen-bond donors (Lipinski definition) is 4. The van der Waals surface area contributed by atoms with Crippen molar-refractivity contribution in [2.75, 3.05) is 26.8 Å². The SMILES string of the molecule is CCC/C=C/CCC(=O)NC[N+](CO)(CO)CNC(=O)CC/C=C/CCC. The molecule has 0 heterocycles. The van der Waals surface area contributed by atoms with Gasteiger partial charge in [0.15, 0.2) is 26.8 Å². The zero-order chi connectivity index (χ0) is 20.4. The number of unbranched alkanes of at least 4 members (excludes halogenated alkanes) is 2. The van der Waals surface area contributed by atoms with Crippen LogP contribution in [-0.4, -0.2) is 53.3 Å². The topological polar surface area (TPSA) is 98.7 Å². The molecule has 156 valence electrons. The molecule has 0 spiro atoms. The molecule has 0 atom stereocenters. The van der Waals surface area contributed by atoms with Gasteiger partial charge in [-0.1, -0.05) is 51.0 Å². The molecule has 0 aromatic rings. The van der Waals surface area contributed by atoms with E-state index in [2.05, 4.69) is 36.6 Å². The molecule has 0 bridgehead atoms. The van der Waals surface area contributed by atoms with Crippen molar-refractivity contribution in [3.8, 4) is 0 Å². The molecular formula is C20H38N3O4+. The van der Waals surface area contributed by atoms with Crippen molar-refractivity contribution in [3.05, 3.63) is 24.3 Å². The summed E-state index contributed by atoms with van der Waals surface area (Å²) in [4.78, 5) is 23.8. The summed E-state index contributed by atoms with van der Waals surface area (Å²) in [7, 11) is 0. The summed E-state index contributed by atoms with van der Waals surface area (Å²) in [5, 5.41) is 24.7. The van der Waals surface area contributed by atoms with Crippen LogP contribution in [-0.2, 0) is 9.59 Å². The van der Waals surface area contributed by atoms with Crippen molar-refractivity contribution < 1.29 is 24.3 Å². The molecule has 0 aromatic heterocycles. The van der Waals surface area contributed by atoms with E-state index in [-0.39, 0.29) is 43.1 Å². The predicted octanol–water partition coefficient (Wildman–Crippen LogP) is 2.12. The first kappa shape index (κ1) is 25.3. The van der Waals surface area contributed by atoms with Gasteiger partial charge < -0.3 is 20.8 Å². The quantitative estimate of drug-likeness (QED) is 0.186. The van der Waals surface area contributed by atoms with E-state index in [1.165, 1.54) is 0 Å². The summed E-state index contributed by atoms with van der Waals surface area (Å²) in [6.45, 7) is 3.54. The standard InChI is InChI=1S/C20H37N3O4/c1-3-5-7-9-11-13-19(26)21-15-23(17-24,18-25)16-22-20(27)14-12-10-8-6-4-2/h7-10,24-25H,3-6,11-18H2,1-2H3,(H-,21,22,26,27)/p+1/b9-7+,10-8+. The average Bonchev–Trinajstić information content (AvgIpc) is 2.68. The van der Waals surface area contributed by atoms with Crippen molar-refractivity contribution in [2.24, 2.45) is 0 Å². The van der Waals surface area contributed by atoms with Crippen LogP contribution in [0.5, 0.6) is 0 Å². The Balaban J connectivity index is 4.25. The van der Waals surface area contributed by atoms with Gasteiger partial charge in [-0.15, -0.1) is 0 Å². The summed E-state index contributed by atoms with van der Waals surface area (Å²) >= 11 is 0. The van der Waals surface area contributed by atoms with Crippen LogP contribution in [0, 0.1) is 0 Å². The van der Waals surface area contributed by atoms with Crippen LogP contribution < -0.4 is 10.6 Å². The third-order valence-corrected chi connectivity index (χ3v) is 4.14. The lowest BCUT2D eigenvalue weighted by molar-refractivity contribution is -0.964. The van der Waals surface area contributed by atoms with Crippen LogP contribution in [0.15, 0.2) is 24.3 Å². The van der Waals surface area contributed by atoms with Gasteiger partial charge in [-0.05, 0) is 25.7 Å². The second-order valence-corrected chi connectivity index (χ2v) is 6.74. The summed E-state index contributed by atoms with van der Waals surface area (Å²) < 4.78 is -0.227. The highest BCUT2D eigenvalue weighted by Gasteiger charge is 2.26. The molecule has 0 rings (SSSR count). The molecular weight excluding hydrogens is 346 g/mol. The van der Waals surface area contributed by atoms with E-state index in [0.29, 0.717) is 25.7 Å². The molecule has 0 saturated heterocycles. The van der Waals surface area contributed by atoms with Gasteiger partial charge in [0, 0.05) is 12.8 Å². The van der Waals surface area contributed by atoms with Crippen molar-refractivity contribution in [3.63, 3.8) is 0 Å². The smallest absolute Gasteiger partial charge is 0.224 e. The molecule has 0 aliphatic rings. The summed E-state index contributed by atoms with van der Waals surface area (Å²) in [6.07, 6.45) is 14.3. The average molecular weight is 385 g/mol. The van der Waals surface area contributed by atoms with Crippen LogP contribution in [0.2, 0.25) is 0 Å². The van der Waals surface area contributed by atoms with E-state index in [1.807, 2.05) is 12.2 Å². The van der Waals surface area contributed by atoms with Gasteiger partial charge in [-0.25, -0.2) is 4.48 Å². The molecule has 0 saturated carbocycles. The van der Waals surface area contributed by atoms with Gasteiger partial charge in [0.1, 0.15) is 0 Å². The lowest BCUT2D eigenvalue weighted by Gasteiger charge is -2.34. The Morgan fingerprint density at radius 3 is 1.44 bits per heavy atom. The van der Waals surface area contributed by atoms with Gasteiger partial charge in [-0.3, -0.25) is 9.59 Å². The van der Waals surface area contributed by atoms with Crippen molar-refractivity contribution in [1.29, 1.82) is 0 Å². The Hall–Kier alpha value is -1.70. The van der Waals surface area contributed by atoms with Gasteiger partial charge in [-0.2, -0.15) is 0 Å². The van der Waals surface area contributed by atoms with E-state index in [1.54, 1.807) is 0 Å². The fraction of sp³-hybridized carbons (Fsp3) is 0.700. The molecule has 4 N–H and O–H groups in total. The molecule has 7 nitrogen and oxygen atoms in total. The number of quaternary nitrogens is 1. The summed E-state index contributed by atoms with van der Waals surface area (Å²) in [5.74, 6) is -0.291. The van der Waals surface area contributed by atoms with E-state index < -0.39 is 0 Å². The Labute approximate surface area is 163 Å². The van der Waals surface area contributed by atoms with E-state index in [0.717, 1.165) is 25.7 Å². The molecule has 0 aromatic carbocycles. The minimum atomic E-state index is -0.385. The number of hydrogen-bond acceptors (Lipinski definition) is 4. The highest BCUT2D eigenvalue weighted by molar-refractivity contribution is 5.76. The Bertz CT molecular complexity index is 422. The maximum Gasteiger partial charge on any atom is 0.224 e. The van der Waals surface area contributed by atoms with Crippen molar-refractivity contribution in [2.45, 2.75) is 65.2 Å². The van der Waals surface area contributed by atoms with Gasteiger partial charge in [0.25, 0.3) is 0 Å². The first-order valence-corrected chi connectivity index (χ1v) is 9.93. The maximum atomic E-state index is 11.9. The van der Waals surface area contributed by atoms with Gasteiger partial charge in [0.2, 0.25) is 11.8 Å². The number of nitrogens with zero attached hydrogens (tertiary/aromatic N) is 1. The zero-order valence-electron chi connectivity index (χ0n) is 17.0. The van der Waals surface area contributed by atoms with E-state index in [9.17, 15) is 19.8 Å². The molecule has 2 amide bonds. The van der Waals surface area contributed by atoms with Crippen molar-refractivity contribution >= 4 is 11.8 Å². The van der Waals surface area contributed by atoms with Crippen LogP contribution in [0.3, 0.4) is 0 Å². The molecule has 0 fully saturated rings. The second kappa shape index (κ2) is 16.5. The number of carbonyl (C=O) groups excluding carboxylic acids is 2. The fourth-order valence-corrected chi connectivity index (χ4v) is 2.22. The number of nitrogens with one attached hydrogen (secondary N) is 2. The monoisotopic (exact) mass is 384 g/mol. The largest absolute Gasteiger partial charge is 0.347 e. The van der Waals surface area contributed by atoms with Crippen LogP contribution in [0.25, 0.3) is 0 Å². The lowest BCUT2D eigenvalue weighted by Crippen LogP contribution is -2.59. The lowest BCUT2D eigenvalue weighted by atomic mass is 10.2. The Morgan fingerprint density at radius 2 is 1.11 bits per heavy atom. The summed E-state index contributed by atoms with van der Waals surface area (Å²) in [5.41, 5.74) is 0. The van der Waals surface area contributed by atoms with Crippen LogP contribution in [0.4, 0.5) is 0 Å². The third kappa shape index (κ3) is 13.2. The Kier molecular flexibility index (Phi) is 15.4. The number of amides is 2. The van der Waals surface area contributed by atoms with E-state index >= 15 is 0 Å². The number of aliphatic hydroxyl groups excluding tert-OH is 2. The van der Waals surface area contributed by atoms with Crippen molar-refractivity contribution in [1.82, 2.24) is 10.6 Å². The molecule has 0 unspecified atom stereocenters. The predicted molar refractivity (Wildman–Crippen MR) is 107 cm³/mol. The Morgan fingerprint density at radius 1 is 0.741 bits per heavy atom. The molecule has 27 heavy (non-hydrogen) atoms.